The molecule has 0 bridgehead atoms. The van der Waals surface area contributed by atoms with Crippen molar-refractivity contribution >= 4 is 19.8 Å². The van der Waals surface area contributed by atoms with E-state index < -0.39 is 32.5 Å². The molecule has 99 heavy (non-hydrogen) atoms. The van der Waals surface area contributed by atoms with Crippen molar-refractivity contribution in [1.82, 2.24) is 0 Å². The Kier molecular flexibility index (Phi) is 76.2. The van der Waals surface area contributed by atoms with Gasteiger partial charge in [-0.3, -0.25) is 18.6 Å². The lowest BCUT2D eigenvalue weighted by molar-refractivity contribution is -0.161. The summed E-state index contributed by atoms with van der Waals surface area (Å²) in [6, 6.07) is 0. The number of rotatable bonds is 70. The first-order valence-corrected chi connectivity index (χ1v) is 40.4. The van der Waals surface area contributed by atoms with Crippen LogP contribution in [0.1, 0.15) is 284 Å². The van der Waals surface area contributed by atoms with Crippen LogP contribution in [0, 0.1) is 0 Å². The van der Waals surface area contributed by atoms with Gasteiger partial charge in [0.25, 0.3) is 0 Å². The second-order valence-electron chi connectivity index (χ2n) is 24.8. The van der Waals surface area contributed by atoms with E-state index in [2.05, 4.69) is 245 Å². The highest BCUT2D eigenvalue weighted by Gasteiger charge is 2.26. The fraction of sp³-hybridized carbons (Fsp3) is 0.551. The van der Waals surface area contributed by atoms with E-state index in [1.54, 1.807) is 0 Å². The average molecular weight is 1380 g/mol. The normalized spacial score (nSPS) is 14.2. The number of esters is 2. The molecule has 0 amide bonds. The number of unbranched alkanes of at least 4 members (excludes halogenated alkanes) is 19. The molecule has 0 saturated carbocycles. The fourth-order valence-electron chi connectivity index (χ4n) is 9.89. The molecule has 0 heterocycles. The van der Waals surface area contributed by atoms with Gasteiger partial charge in [-0.2, -0.15) is 0 Å². The maximum atomic E-state index is 12.8. The van der Waals surface area contributed by atoms with E-state index in [4.69, 9.17) is 24.3 Å². The molecule has 2 unspecified atom stereocenters. The average Bonchev–Trinajstić information content (AvgIpc) is 1.19. The number of phosphoric ester groups is 1. The molecule has 2 atom stereocenters. The van der Waals surface area contributed by atoms with Gasteiger partial charge in [0, 0.05) is 19.4 Å². The molecule has 10 heteroatoms. The van der Waals surface area contributed by atoms with Crippen LogP contribution in [0.25, 0.3) is 0 Å². The first-order valence-electron chi connectivity index (χ1n) is 38.9. The van der Waals surface area contributed by atoms with Crippen molar-refractivity contribution in [3.63, 3.8) is 0 Å². The molecule has 0 aromatic rings. The third-order valence-corrected chi connectivity index (χ3v) is 16.5. The molecular weight excluding hydrogens is 1240 g/mol. The van der Waals surface area contributed by atoms with Gasteiger partial charge in [0.05, 0.1) is 13.2 Å². The standard InChI is InChI=1S/C89H140NO8P/c1-3-5-7-9-11-13-15-17-19-21-23-25-27-29-31-33-35-37-39-41-42-43-44-46-48-50-52-54-56-58-60-62-64-66-68-70-72-74-76-78-80-82-89(92)98-87(86-97-99(93,94)96-84-83-90)85-95-88(91)81-79-77-75-73-71-69-67-65-63-61-59-57-55-53-51-49-47-45-40-38-36-34-32-30-28-26-24-22-20-18-16-14-12-10-8-6-4-2/h5-8,11-14,17-20,23-26,29-32,35-38,41-42,44-47,50-53,56,58,62,64,87H,3-4,9-10,15-16,21-22,27-28,33-34,39-40,43,48-49,54-55,57,59-61,63,65-86,90H2,1-2H3,(H,93,94)/b7-5-,8-6-,13-11-,14-12-,19-17-,20-18-,25-23-,26-24-,31-29-,32-30-,37-35-,38-36-,42-41-,46-44-,47-45-,52-50-,53-51-,58-56-,64-62-. The molecule has 0 fully saturated rings. The minimum absolute atomic E-state index is 0.0402. The fourth-order valence-corrected chi connectivity index (χ4v) is 10.7. The highest BCUT2D eigenvalue weighted by atomic mass is 31.2. The smallest absolute Gasteiger partial charge is 0.462 e. The largest absolute Gasteiger partial charge is 0.472 e. The van der Waals surface area contributed by atoms with Crippen LogP contribution < -0.4 is 5.73 Å². The molecule has 554 valence electrons. The minimum Gasteiger partial charge on any atom is -0.462 e. The molecule has 9 nitrogen and oxygen atoms in total. The summed E-state index contributed by atoms with van der Waals surface area (Å²) >= 11 is 0. The predicted molar refractivity (Wildman–Crippen MR) is 431 cm³/mol. The van der Waals surface area contributed by atoms with Crippen LogP contribution in [0.5, 0.6) is 0 Å². The zero-order valence-corrected chi connectivity index (χ0v) is 63.3. The summed E-state index contributed by atoms with van der Waals surface area (Å²) in [4.78, 5) is 35.5. The Morgan fingerprint density at radius 2 is 0.525 bits per heavy atom. The van der Waals surface area contributed by atoms with E-state index >= 15 is 0 Å². The monoisotopic (exact) mass is 1380 g/mol. The van der Waals surface area contributed by atoms with Gasteiger partial charge >= 0.3 is 19.8 Å². The Hall–Kier alpha value is -5.93. The highest BCUT2D eigenvalue weighted by Crippen LogP contribution is 2.43. The molecule has 0 spiro atoms. The summed E-state index contributed by atoms with van der Waals surface area (Å²) < 4.78 is 33.2. The Morgan fingerprint density at radius 3 is 0.778 bits per heavy atom. The van der Waals surface area contributed by atoms with Crippen LogP contribution >= 0.6 is 7.82 Å². The molecule has 0 radical (unpaired) electrons. The van der Waals surface area contributed by atoms with Crippen molar-refractivity contribution in [1.29, 1.82) is 0 Å². The number of carbonyl (C=O) groups is 2. The van der Waals surface area contributed by atoms with Crippen LogP contribution in [-0.2, 0) is 32.7 Å². The Labute approximate surface area is 606 Å². The summed E-state index contributed by atoms with van der Waals surface area (Å²) in [6.45, 7) is 3.49. The SMILES string of the molecule is CC/C=C\C/C=C\C/C=C\C/C=C\C/C=C\C/C=C\C/C=C\C/C=C\C/C=C\C/C=C\C/C=C\CCCCCCCCCC(=O)OC(COC(=O)CCCCCCCCCCCCCC/C=C\C/C=C\C/C=C\C/C=C\C/C=C\C/C=C\C/C=C\C/C=C\CC)COP(=O)(O)OCCN. The van der Waals surface area contributed by atoms with Crippen molar-refractivity contribution < 1.29 is 37.6 Å². The number of carbonyl (C=O) groups excluding carboxylic acids is 2. The van der Waals surface area contributed by atoms with Crippen molar-refractivity contribution in [2.75, 3.05) is 26.4 Å². The molecule has 0 rings (SSSR count). The summed E-state index contributed by atoms with van der Waals surface area (Å²) in [6.07, 6.45) is 127. The first kappa shape index (κ1) is 93.1. The lowest BCUT2D eigenvalue weighted by atomic mass is 10.0. The van der Waals surface area contributed by atoms with Gasteiger partial charge in [-0.25, -0.2) is 4.57 Å². The molecule has 0 aromatic carbocycles. The van der Waals surface area contributed by atoms with E-state index in [0.29, 0.717) is 6.42 Å². The van der Waals surface area contributed by atoms with E-state index in [1.165, 1.54) is 64.2 Å². The summed E-state index contributed by atoms with van der Waals surface area (Å²) in [5.74, 6) is -0.855. The third-order valence-electron chi connectivity index (χ3n) is 15.5. The van der Waals surface area contributed by atoms with Gasteiger partial charge in [0.1, 0.15) is 6.61 Å². The van der Waals surface area contributed by atoms with E-state index in [1.807, 2.05) is 0 Å². The highest BCUT2D eigenvalue weighted by molar-refractivity contribution is 7.47. The van der Waals surface area contributed by atoms with Crippen LogP contribution in [0.2, 0.25) is 0 Å². The van der Waals surface area contributed by atoms with Gasteiger partial charge in [0.15, 0.2) is 6.10 Å². The molecule has 3 N–H and O–H groups in total. The minimum atomic E-state index is -4.42. The number of hydrogen-bond donors (Lipinski definition) is 2. The quantitative estimate of drug-likeness (QED) is 0.0264. The topological polar surface area (TPSA) is 134 Å². The first-order chi connectivity index (χ1) is 48.8. The summed E-state index contributed by atoms with van der Waals surface area (Å²) in [7, 11) is -4.42. The molecule has 0 aliphatic rings. The summed E-state index contributed by atoms with van der Waals surface area (Å²) in [5.41, 5.74) is 5.41. The summed E-state index contributed by atoms with van der Waals surface area (Å²) in [5, 5.41) is 0. The van der Waals surface area contributed by atoms with Crippen LogP contribution in [0.4, 0.5) is 0 Å². The zero-order chi connectivity index (χ0) is 71.5. The van der Waals surface area contributed by atoms with E-state index in [9.17, 15) is 19.0 Å². The van der Waals surface area contributed by atoms with Crippen LogP contribution in [-0.4, -0.2) is 49.3 Å². The van der Waals surface area contributed by atoms with Crippen molar-refractivity contribution in [2.45, 2.75) is 290 Å². The second-order valence-corrected chi connectivity index (χ2v) is 26.2. The number of allylic oxidation sites excluding steroid dienone is 38. The van der Waals surface area contributed by atoms with E-state index in [0.717, 1.165) is 186 Å². The molecular formula is C89H140NO8P. The maximum absolute atomic E-state index is 12.8. The Bertz CT molecular complexity index is 2490. The molecule has 0 saturated heterocycles. The zero-order valence-electron chi connectivity index (χ0n) is 62.4. The lowest BCUT2D eigenvalue weighted by Crippen LogP contribution is -2.29. The second kappa shape index (κ2) is 81.0. The van der Waals surface area contributed by atoms with Gasteiger partial charge < -0.3 is 20.1 Å². The number of hydrogen-bond acceptors (Lipinski definition) is 8. The van der Waals surface area contributed by atoms with Crippen molar-refractivity contribution in [2.24, 2.45) is 5.73 Å². The van der Waals surface area contributed by atoms with Gasteiger partial charge in [-0.1, -0.05) is 341 Å². The van der Waals surface area contributed by atoms with E-state index in [-0.39, 0.29) is 32.6 Å². The molecule has 0 aliphatic carbocycles. The number of nitrogens with two attached hydrogens (primary N) is 1. The van der Waals surface area contributed by atoms with Gasteiger partial charge in [-0.05, 0) is 161 Å². The Balaban J connectivity index is 3.98. The van der Waals surface area contributed by atoms with Crippen molar-refractivity contribution in [3.8, 4) is 0 Å². The molecule has 0 aliphatic heterocycles. The predicted octanol–water partition coefficient (Wildman–Crippen LogP) is 26.5. The number of phosphoric acid groups is 1. The third kappa shape index (κ3) is 80.9. The van der Waals surface area contributed by atoms with Crippen molar-refractivity contribution in [3.05, 3.63) is 231 Å². The maximum Gasteiger partial charge on any atom is 0.472 e. The van der Waals surface area contributed by atoms with Crippen LogP contribution in [0.15, 0.2) is 231 Å². The molecule has 0 aromatic heterocycles. The lowest BCUT2D eigenvalue weighted by Gasteiger charge is -2.19. The van der Waals surface area contributed by atoms with Gasteiger partial charge in [-0.15, -0.1) is 0 Å². The van der Waals surface area contributed by atoms with Gasteiger partial charge in [0.2, 0.25) is 0 Å². The number of ether oxygens (including phenoxy) is 2. The van der Waals surface area contributed by atoms with Crippen LogP contribution in [0.3, 0.4) is 0 Å². The Morgan fingerprint density at radius 1 is 0.303 bits per heavy atom.